The van der Waals surface area contributed by atoms with Crippen LogP contribution >= 0.6 is 0 Å². The van der Waals surface area contributed by atoms with Gasteiger partial charge in [0.1, 0.15) is 5.76 Å². The molecule has 2 atom stereocenters. The first-order valence-corrected chi connectivity index (χ1v) is 7.38. The highest BCUT2D eigenvalue weighted by molar-refractivity contribution is 5.91. The van der Waals surface area contributed by atoms with E-state index in [1.165, 1.54) is 25.0 Å². The van der Waals surface area contributed by atoms with Gasteiger partial charge < -0.3 is 14.5 Å². The van der Waals surface area contributed by atoms with Gasteiger partial charge in [0.15, 0.2) is 11.2 Å². The van der Waals surface area contributed by atoms with E-state index < -0.39 is 0 Å². The molecular formula is C15H20N2O4. The molecule has 1 N–H and O–H groups in total. The zero-order chi connectivity index (χ0) is 14.8. The van der Waals surface area contributed by atoms with Crippen molar-refractivity contribution in [3.8, 4) is 0 Å². The Bertz CT molecular complexity index is 577. The minimum absolute atomic E-state index is 0.0542. The van der Waals surface area contributed by atoms with Gasteiger partial charge in [0, 0.05) is 12.1 Å². The first kappa shape index (κ1) is 14.3. The molecule has 2 saturated heterocycles. The van der Waals surface area contributed by atoms with Gasteiger partial charge >= 0.3 is 0 Å². The van der Waals surface area contributed by atoms with E-state index in [1.54, 1.807) is 6.92 Å². The van der Waals surface area contributed by atoms with Gasteiger partial charge in [-0.25, -0.2) is 0 Å². The van der Waals surface area contributed by atoms with Crippen LogP contribution in [0.5, 0.6) is 0 Å². The number of carbonyl (C=O) groups is 1. The molecule has 3 heterocycles. The summed E-state index contributed by atoms with van der Waals surface area (Å²) in [7, 11) is 0. The van der Waals surface area contributed by atoms with E-state index in [0.29, 0.717) is 19.0 Å². The Balaban J connectivity index is 1.69. The second kappa shape index (κ2) is 5.99. The lowest BCUT2D eigenvalue weighted by Gasteiger charge is -2.27. The molecule has 0 aromatic carbocycles. The molecule has 0 bridgehead atoms. The molecule has 0 unspecified atom stereocenters. The van der Waals surface area contributed by atoms with Crippen LogP contribution in [0.2, 0.25) is 0 Å². The lowest BCUT2D eigenvalue weighted by molar-refractivity contribution is 0.0884. The molecule has 0 spiro atoms. The van der Waals surface area contributed by atoms with Crippen molar-refractivity contribution in [1.29, 1.82) is 0 Å². The maximum absolute atomic E-state index is 12.2. The Morgan fingerprint density at radius 3 is 2.76 bits per heavy atom. The fraction of sp³-hybridized carbons (Fsp3) is 0.600. The first-order valence-electron chi connectivity index (χ1n) is 7.38. The molecule has 6 nitrogen and oxygen atoms in total. The summed E-state index contributed by atoms with van der Waals surface area (Å²) in [6, 6.07) is 2.75. The summed E-state index contributed by atoms with van der Waals surface area (Å²) in [5.74, 6) is 0.147. The smallest absolute Gasteiger partial charge is 0.287 e. The van der Waals surface area contributed by atoms with Crippen LogP contribution in [0.4, 0.5) is 0 Å². The number of hydrogen-bond donors (Lipinski definition) is 1. The van der Waals surface area contributed by atoms with Gasteiger partial charge in [0.25, 0.3) is 5.91 Å². The predicted octanol–water partition coefficient (Wildman–Crippen LogP) is 0.541. The topological polar surface area (TPSA) is 71.8 Å². The molecule has 0 saturated carbocycles. The number of aryl methyl sites for hydroxylation is 1. The number of likely N-dealkylation sites (tertiary alicyclic amines) is 1. The van der Waals surface area contributed by atoms with Crippen molar-refractivity contribution in [2.24, 2.45) is 0 Å². The highest BCUT2D eigenvalue weighted by Crippen LogP contribution is 2.19. The van der Waals surface area contributed by atoms with Crippen molar-refractivity contribution in [2.75, 3.05) is 26.3 Å². The molecular weight excluding hydrogens is 272 g/mol. The maximum Gasteiger partial charge on any atom is 0.287 e. The first-order chi connectivity index (χ1) is 10.1. The van der Waals surface area contributed by atoms with Crippen LogP contribution in [-0.4, -0.2) is 49.2 Å². The van der Waals surface area contributed by atoms with E-state index in [9.17, 15) is 9.59 Å². The molecule has 1 aromatic rings. The van der Waals surface area contributed by atoms with Gasteiger partial charge in [-0.2, -0.15) is 0 Å². The molecule has 1 aromatic heterocycles. The summed E-state index contributed by atoms with van der Waals surface area (Å²) >= 11 is 0. The largest absolute Gasteiger partial charge is 0.456 e. The highest BCUT2D eigenvalue weighted by Gasteiger charge is 2.35. The highest BCUT2D eigenvalue weighted by atomic mass is 16.5. The van der Waals surface area contributed by atoms with E-state index in [2.05, 4.69) is 10.2 Å². The number of hydrogen-bond acceptors (Lipinski definition) is 5. The summed E-state index contributed by atoms with van der Waals surface area (Å²) in [6.45, 7) is 4.91. The molecule has 1 amide bonds. The van der Waals surface area contributed by atoms with Crippen molar-refractivity contribution in [1.82, 2.24) is 10.2 Å². The second-order valence-electron chi connectivity index (χ2n) is 5.70. The summed E-state index contributed by atoms with van der Waals surface area (Å²) in [4.78, 5) is 26.1. The summed E-state index contributed by atoms with van der Waals surface area (Å²) in [5.41, 5.74) is -0.220. The quantitative estimate of drug-likeness (QED) is 0.880. The van der Waals surface area contributed by atoms with Gasteiger partial charge in [-0.3, -0.25) is 14.5 Å². The van der Waals surface area contributed by atoms with Gasteiger partial charge in [-0.15, -0.1) is 0 Å². The molecule has 6 heteroatoms. The molecule has 3 rings (SSSR count). The Morgan fingerprint density at radius 2 is 2.05 bits per heavy atom. The lowest BCUT2D eigenvalue weighted by Crippen LogP contribution is -2.50. The second-order valence-corrected chi connectivity index (χ2v) is 5.70. The van der Waals surface area contributed by atoms with E-state index in [1.807, 2.05) is 0 Å². The fourth-order valence-corrected chi connectivity index (χ4v) is 3.07. The Morgan fingerprint density at radius 1 is 1.29 bits per heavy atom. The lowest BCUT2D eigenvalue weighted by atomic mass is 10.1. The molecule has 0 radical (unpaired) electrons. The maximum atomic E-state index is 12.2. The van der Waals surface area contributed by atoms with E-state index in [4.69, 9.17) is 9.15 Å². The van der Waals surface area contributed by atoms with Crippen LogP contribution in [0.1, 0.15) is 29.2 Å². The van der Waals surface area contributed by atoms with Gasteiger partial charge in [0.05, 0.1) is 25.3 Å². The predicted molar refractivity (Wildman–Crippen MR) is 76.4 cm³/mol. The molecule has 2 aliphatic heterocycles. The SMILES string of the molecule is Cc1cc(=O)cc(C(=O)N[C@H]2COC[C@@H]2N2CCCC2)o1. The summed E-state index contributed by atoms with van der Waals surface area (Å²) in [6.07, 6.45) is 2.40. The van der Waals surface area contributed by atoms with E-state index >= 15 is 0 Å². The van der Waals surface area contributed by atoms with Crippen LogP contribution in [0, 0.1) is 6.92 Å². The van der Waals surface area contributed by atoms with Crippen molar-refractivity contribution in [3.63, 3.8) is 0 Å². The van der Waals surface area contributed by atoms with Crippen LogP contribution in [0.15, 0.2) is 21.3 Å². The minimum atomic E-state index is -0.351. The minimum Gasteiger partial charge on any atom is -0.456 e. The van der Waals surface area contributed by atoms with Crippen molar-refractivity contribution in [2.45, 2.75) is 31.8 Å². The van der Waals surface area contributed by atoms with E-state index in [-0.39, 0.29) is 29.2 Å². The zero-order valence-corrected chi connectivity index (χ0v) is 12.1. The fourth-order valence-electron chi connectivity index (χ4n) is 3.07. The third kappa shape index (κ3) is 3.16. The van der Waals surface area contributed by atoms with Crippen LogP contribution in [-0.2, 0) is 4.74 Å². The third-order valence-electron chi connectivity index (χ3n) is 4.09. The number of carbonyl (C=O) groups excluding carboxylic acids is 1. The third-order valence-corrected chi connectivity index (χ3v) is 4.09. The zero-order valence-electron chi connectivity index (χ0n) is 12.1. The summed E-state index contributed by atoms with van der Waals surface area (Å²) in [5, 5.41) is 2.94. The molecule has 0 aliphatic carbocycles. The Hall–Kier alpha value is -1.66. The summed E-state index contributed by atoms with van der Waals surface area (Å²) < 4.78 is 10.8. The van der Waals surface area contributed by atoms with Crippen molar-refractivity contribution >= 4 is 5.91 Å². The molecule has 2 aliphatic rings. The van der Waals surface area contributed by atoms with Crippen molar-refractivity contribution in [3.05, 3.63) is 33.9 Å². The molecule has 114 valence electrons. The van der Waals surface area contributed by atoms with Gasteiger partial charge in [-0.1, -0.05) is 0 Å². The number of nitrogens with one attached hydrogen (secondary N) is 1. The molecule has 21 heavy (non-hydrogen) atoms. The monoisotopic (exact) mass is 292 g/mol. The Kier molecular flexibility index (Phi) is 4.07. The van der Waals surface area contributed by atoms with Crippen LogP contribution in [0.3, 0.4) is 0 Å². The number of ether oxygens (including phenoxy) is 1. The number of rotatable bonds is 3. The van der Waals surface area contributed by atoms with Gasteiger partial charge in [-0.05, 0) is 32.9 Å². The van der Waals surface area contributed by atoms with Gasteiger partial charge in [0.2, 0.25) is 0 Å². The average molecular weight is 292 g/mol. The number of nitrogens with zero attached hydrogens (tertiary/aromatic N) is 1. The van der Waals surface area contributed by atoms with E-state index in [0.717, 1.165) is 13.1 Å². The van der Waals surface area contributed by atoms with Crippen LogP contribution in [0.25, 0.3) is 0 Å². The number of amides is 1. The Labute approximate surface area is 123 Å². The average Bonchev–Trinajstić information content (AvgIpc) is 3.07. The normalized spacial score (nSPS) is 26.1. The standard InChI is InChI=1S/C15H20N2O4/c1-10-6-11(18)7-14(21-10)15(19)16-12-8-20-9-13(12)17-4-2-3-5-17/h6-7,12-13H,2-5,8-9H2,1H3,(H,16,19)/t12-,13-/m0/s1. The van der Waals surface area contributed by atoms with Crippen molar-refractivity contribution < 1.29 is 13.9 Å². The molecule has 2 fully saturated rings. The van der Waals surface area contributed by atoms with Crippen LogP contribution < -0.4 is 10.7 Å².